The summed E-state index contributed by atoms with van der Waals surface area (Å²) in [6.45, 7) is 3.48. The lowest BCUT2D eigenvalue weighted by molar-refractivity contribution is -0.139. The van der Waals surface area contributed by atoms with Gasteiger partial charge in [-0.05, 0) is 55.3 Å². The number of piperidine rings is 1. The molecule has 184 valence electrons. The maximum Gasteiger partial charge on any atom is 0.302 e. The third kappa shape index (κ3) is 4.14. The highest BCUT2D eigenvalue weighted by Crippen LogP contribution is 2.32. The van der Waals surface area contributed by atoms with Crippen molar-refractivity contribution in [3.05, 3.63) is 89.3 Å². The number of ketones is 1. The van der Waals surface area contributed by atoms with Crippen molar-refractivity contribution in [3.8, 4) is 5.75 Å². The van der Waals surface area contributed by atoms with E-state index in [4.69, 9.17) is 4.42 Å². The number of hydrogen-bond donors (Lipinski definition) is 2. The average Bonchev–Trinajstić information content (AvgIpc) is 3.31. The topological polar surface area (TPSA) is 142 Å². The van der Waals surface area contributed by atoms with E-state index in [-0.39, 0.29) is 22.9 Å². The van der Waals surface area contributed by atoms with E-state index in [0.717, 1.165) is 10.5 Å². The second-order valence-corrected chi connectivity index (χ2v) is 8.51. The number of benzene rings is 3. The molecule has 10 nitrogen and oxygen atoms in total. The molecule has 1 fully saturated rings. The fourth-order valence-corrected chi connectivity index (χ4v) is 4.06. The van der Waals surface area contributed by atoms with Crippen LogP contribution in [-0.2, 0) is 14.4 Å². The molecule has 3 amide bonds. The van der Waals surface area contributed by atoms with Crippen LogP contribution < -0.4 is 10.3 Å². The van der Waals surface area contributed by atoms with Gasteiger partial charge in [-0.15, -0.1) is 0 Å². The quantitative estimate of drug-likeness (QED) is 0.251. The van der Waals surface area contributed by atoms with E-state index in [0.29, 0.717) is 16.7 Å². The van der Waals surface area contributed by atoms with Crippen molar-refractivity contribution in [2.45, 2.75) is 19.8 Å². The molecule has 2 N–H and O–H groups in total. The lowest BCUT2D eigenvalue weighted by atomic mass is 9.90. The highest BCUT2D eigenvalue weighted by atomic mass is 16.3. The number of hydrazone groups is 1. The number of oxazole rings is 1. The summed E-state index contributed by atoms with van der Waals surface area (Å²) >= 11 is 0. The molecule has 1 aliphatic heterocycles. The monoisotopic (exact) mass is 496 g/mol. The third-order valence-corrected chi connectivity index (χ3v) is 5.96. The highest BCUT2D eigenvalue weighted by molar-refractivity contribution is 6.67. The number of phenolic OH excluding ortho intramolecular Hbond substituents is 1. The molecule has 5 rings (SSSR count). The number of para-hydroxylation sites is 3. The SMILES string of the molecule is Cc1ccc(C)c(N2C(=O)C(=O)[C@H](c3nc4ccccc4o3)/C(=N\NC(=O)c3ccccc3O)C2=O)c1. The number of imide groups is 1. The van der Waals surface area contributed by atoms with E-state index in [1.807, 2.05) is 6.07 Å². The van der Waals surface area contributed by atoms with E-state index in [1.54, 1.807) is 56.3 Å². The van der Waals surface area contributed by atoms with Gasteiger partial charge in [-0.2, -0.15) is 5.10 Å². The molecule has 1 aromatic heterocycles. The molecule has 0 spiro atoms. The molecule has 3 aromatic carbocycles. The van der Waals surface area contributed by atoms with Crippen LogP contribution in [0.1, 0.15) is 33.3 Å². The van der Waals surface area contributed by atoms with E-state index >= 15 is 0 Å². The number of amides is 3. The number of aromatic nitrogens is 1. The normalized spacial score (nSPS) is 17.0. The third-order valence-electron chi connectivity index (χ3n) is 5.96. The fourth-order valence-electron chi connectivity index (χ4n) is 4.06. The van der Waals surface area contributed by atoms with Gasteiger partial charge in [-0.3, -0.25) is 19.2 Å². The second kappa shape index (κ2) is 9.15. The van der Waals surface area contributed by atoms with Crippen molar-refractivity contribution >= 4 is 46.0 Å². The molecule has 0 unspecified atom stereocenters. The first-order valence-corrected chi connectivity index (χ1v) is 11.3. The van der Waals surface area contributed by atoms with Crippen molar-refractivity contribution in [1.29, 1.82) is 0 Å². The summed E-state index contributed by atoms with van der Waals surface area (Å²) < 4.78 is 5.71. The van der Waals surface area contributed by atoms with Crippen LogP contribution >= 0.6 is 0 Å². The number of nitrogens with zero attached hydrogens (tertiary/aromatic N) is 3. The first-order chi connectivity index (χ1) is 17.8. The minimum absolute atomic E-state index is 0.0951. The Balaban J connectivity index is 1.62. The maximum atomic E-state index is 13.7. The molecule has 0 bridgehead atoms. The molecule has 2 heterocycles. The van der Waals surface area contributed by atoms with Crippen LogP contribution in [0.25, 0.3) is 11.1 Å². The van der Waals surface area contributed by atoms with Gasteiger partial charge in [0.25, 0.3) is 11.8 Å². The van der Waals surface area contributed by atoms with Gasteiger partial charge in [0.1, 0.15) is 17.0 Å². The Kier molecular flexibility index (Phi) is 5.84. The summed E-state index contributed by atoms with van der Waals surface area (Å²) in [5, 5.41) is 14.0. The van der Waals surface area contributed by atoms with Crippen molar-refractivity contribution in [1.82, 2.24) is 10.4 Å². The predicted molar refractivity (Wildman–Crippen MR) is 133 cm³/mol. The predicted octanol–water partition coefficient (Wildman–Crippen LogP) is 3.16. The van der Waals surface area contributed by atoms with Gasteiger partial charge in [0.05, 0.1) is 11.3 Å². The molecule has 10 heteroatoms. The smallest absolute Gasteiger partial charge is 0.302 e. The number of carbonyl (C=O) groups is 4. The zero-order valence-corrected chi connectivity index (χ0v) is 19.8. The zero-order valence-electron chi connectivity index (χ0n) is 19.8. The fraction of sp³-hybridized carbons (Fsp3) is 0.111. The largest absolute Gasteiger partial charge is 0.507 e. The van der Waals surface area contributed by atoms with E-state index in [1.165, 1.54) is 18.2 Å². The lowest BCUT2D eigenvalue weighted by Crippen LogP contribution is -2.55. The first-order valence-electron chi connectivity index (χ1n) is 11.3. The van der Waals surface area contributed by atoms with Gasteiger partial charge in [0, 0.05) is 0 Å². The van der Waals surface area contributed by atoms with Crippen LogP contribution in [0.15, 0.2) is 76.2 Å². The Hall–Kier alpha value is -5.12. The second-order valence-electron chi connectivity index (χ2n) is 8.51. The number of anilines is 1. The van der Waals surface area contributed by atoms with E-state index in [9.17, 15) is 24.3 Å². The van der Waals surface area contributed by atoms with E-state index in [2.05, 4.69) is 15.5 Å². The van der Waals surface area contributed by atoms with Crippen molar-refractivity contribution < 1.29 is 28.7 Å². The van der Waals surface area contributed by atoms with Crippen LogP contribution in [0.2, 0.25) is 0 Å². The summed E-state index contributed by atoms with van der Waals surface area (Å²) in [7, 11) is 0. The van der Waals surface area contributed by atoms with Crippen molar-refractivity contribution in [3.63, 3.8) is 0 Å². The Morgan fingerprint density at radius 3 is 2.49 bits per heavy atom. The lowest BCUT2D eigenvalue weighted by Gasteiger charge is -2.29. The maximum absolute atomic E-state index is 13.7. The molecule has 37 heavy (non-hydrogen) atoms. The van der Waals surface area contributed by atoms with Gasteiger partial charge in [0.2, 0.25) is 11.7 Å². The first kappa shape index (κ1) is 23.6. The molecular weight excluding hydrogens is 476 g/mol. The number of rotatable bonds is 4. The van der Waals surface area contributed by atoms with E-state index < -0.39 is 35.1 Å². The molecule has 1 atom stereocenters. The highest BCUT2D eigenvalue weighted by Gasteiger charge is 2.49. The van der Waals surface area contributed by atoms with Crippen molar-refractivity contribution in [2.24, 2.45) is 5.10 Å². The van der Waals surface area contributed by atoms with Gasteiger partial charge in [-0.25, -0.2) is 15.3 Å². The number of carbonyl (C=O) groups excluding carboxylic acids is 4. The Bertz CT molecular complexity index is 1600. The number of fused-ring (bicyclic) bond motifs is 1. The van der Waals surface area contributed by atoms with Gasteiger partial charge in [-0.1, -0.05) is 36.4 Å². The number of Topliss-reactive ketones (excluding diaryl/α,β-unsaturated/α-hetero) is 1. The van der Waals surface area contributed by atoms with Gasteiger partial charge in [0.15, 0.2) is 11.5 Å². The van der Waals surface area contributed by atoms with Gasteiger partial charge >= 0.3 is 5.91 Å². The van der Waals surface area contributed by atoms with Crippen LogP contribution in [0.5, 0.6) is 5.75 Å². The molecule has 0 saturated carbocycles. The number of phenols is 1. The standard InChI is InChI=1S/C27H20N4O6/c1-14-11-12-15(2)18(13-14)31-26(35)22(29-30-24(34)16-7-3-5-9-19(16)32)21(23(33)27(31)36)25-28-17-8-4-6-10-20(17)37-25/h3-13,21,32H,1-2H3,(H,30,34)/b29-22+/t21-/m1/s1. The van der Waals surface area contributed by atoms with Gasteiger partial charge < -0.3 is 9.52 Å². The van der Waals surface area contributed by atoms with Crippen LogP contribution in [0.4, 0.5) is 5.69 Å². The molecule has 1 aliphatic rings. The average molecular weight is 496 g/mol. The number of aryl methyl sites for hydroxylation is 2. The summed E-state index contributed by atoms with van der Waals surface area (Å²) in [6.07, 6.45) is 0. The van der Waals surface area contributed by atoms with Crippen LogP contribution in [-0.4, -0.2) is 39.3 Å². The zero-order chi connectivity index (χ0) is 26.3. The summed E-state index contributed by atoms with van der Waals surface area (Å²) in [6, 6.07) is 17.6. The summed E-state index contributed by atoms with van der Waals surface area (Å²) in [4.78, 5) is 58.1. The number of nitrogens with one attached hydrogen (secondary N) is 1. The minimum Gasteiger partial charge on any atom is -0.507 e. The van der Waals surface area contributed by atoms with Crippen molar-refractivity contribution in [2.75, 3.05) is 4.90 Å². The molecule has 0 aliphatic carbocycles. The number of hydrogen-bond acceptors (Lipinski definition) is 8. The molecule has 1 saturated heterocycles. The Morgan fingerprint density at radius 1 is 1.00 bits per heavy atom. The summed E-state index contributed by atoms with van der Waals surface area (Å²) in [5.74, 6) is -5.89. The van der Waals surface area contributed by atoms with Crippen LogP contribution in [0.3, 0.4) is 0 Å². The molecule has 0 radical (unpaired) electrons. The number of aromatic hydroxyl groups is 1. The molecular formula is C27H20N4O6. The summed E-state index contributed by atoms with van der Waals surface area (Å²) in [5.41, 5.74) is 3.99. The minimum atomic E-state index is -1.58. The molecule has 4 aromatic rings. The Morgan fingerprint density at radius 2 is 1.73 bits per heavy atom. The Labute approximate surface area is 210 Å². The van der Waals surface area contributed by atoms with Crippen LogP contribution in [0, 0.1) is 13.8 Å².